The van der Waals surface area contributed by atoms with Crippen molar-refractivity contribution in [2.75, 3.05) is 39.4 Å². The lowest BCUT2D eigenvalue weighted by Crippen LogP contribution is -2.41. The number of fused-ring (bicyclic) bond motifs is 4. The minimum Gasteiger partial charge on any atom is -0.379 e. The molecule has 1 aliphatic rings. The van der Waals surface area contributed by atoms with Gasteiger partial charge in [0.25, 0.3) is 0 Å². The van der Waals surface area contributed by atoms with Gasteiger partial charge in [-0.15, -0.1) is 0 Å². The monoisotopic (exact) mass is 389 g/mol. The maximum Gasteiger partial charge on any atom is 0.240 e. The van der Waals surface area contributed by atoms with E-state index in [0.717, 1.165) is 65.9 Å². The molecule has 1 N–H and O–H groups in total. The summed E-state index contributed by atoms with van der Waals surface area (Å²) in [5, 5.41) is 4.06. The molecule has 0 atom stereocenters. The second-order valence-corrected chi connectivity index (χ2v) is 7.29. The van der Waals surface area contributed by atoms with Crippen molar-refractivity contribution in [2.24, 2.45) is 0 Å². The minimum absolute atomic E-state index is 0.0177. The molecule has 5 rings (SSSR count). The Kier molecular flexibility index (Phi) is 4.83. The number of nitrogens with one attached hydrogen (secondary N) is 1. The molecule has 1 amide bonds. The van der Waals surface area contributed by atoms with E-state index in [-0.39, 0.29) is 12.5 Å². The van der Waals surface area contributed by atoms with Gasteiger partial charge in [-0.1, -0.05) is 30.3 Å². The van der Waals surface area contributed by atoms with Gasteiger partial charge in [-0.2, -0.15) is 0 Å². The van der Waals surface area contributed by atoms with Crippen molar-refractivity contribution in [1.29, 1.82) is 0 Å². The number of morpholine rings is 1. The maximum atomic E-state index is 12.7. The summed E-state index contributed by atoms with van der Waals surface area (Å²) in [6.07, 6.45) is 0. The molecule has 148 valence electrons. The number of carbonyl (C=O) groups is 1. The molecule has 0 unspecified atom stereocenters. The van der Waals surface area contributed by atoms with Crippen LogP contribution in [-0.2, 0) is 16.1 Å². The Bertz CT molecular complexity index is 1180. The van der Waals surface area contributed by atoms with Crippen molar-refractivity contribution in [3.63, 3.8) is 0 Å². The number of ether oxygens (including phenoxy) is 1. The van der Waals surface area contributed by atoms with E-state index in [1.165, 1.54) is 0 Å². The van der Waals surface area contributed by atoms with Crippen molar-refractivity contribution in [2.45, 2.75) is 6.54 Å². The first-order chi connectivity index (χ1) is 14.3. The smallest absolute Gasteiger partial charge is 0.240 e. The van der Waals surface area contributed by atoms with Crippen LogP contribution in [-0.4, -0.2) is 64.7 Å². The second kappa shape index (κ2) is 7.77. The molecular weight excluding hydrogens is 366 g/mol. The second-order valence-electron chi connectivity index (χ2n) is 7.29. The Morgan fingerprint density at radius 1 is 1.00 bits per heavy atom. The molecule has 0 bridgehead atoms. The third-order valence-electron chi connectivity index (χ3n) is 5.41. The van der Waals surface area contributed by atoms with E-state index >= 15 is 0 Å². The zero-order valence-corrected chi connectivity index (χ0v) is 16.2. The average molecular weight is 389 g/mol. The quantitative estimate of drug-likeness (QED) is 0.567. The average Bonchev–Trinajstić information content (AvgIpc) is 3.06. The Hall–Kier alpha value is -3.03. The van der Waals surface area contributed by atoms with Gasteiger partial charge in [0.1, 0.15) is 12.1 Å². The van der Waals surface area contributed by atoms with Crippen LogP contribution in [0.25, 0.3) is 33.1 Å². The Labute approximate surface area is 168 Å². The van der Waals surface area contributed by atoms with Crippen LogP contribution >= 0.6 is 0 Å². The first kappa shape index (κ1) is 18.0. The topological polar surface area (TPSA) is 72.3 Å². The number of benzene rings is 2. The third-order valence-corrected chi connectivity index (χ3v) is 5.41. The minimum atomic E-state index is -0.0177. The lowest BCUT2D eigenvalue weighted by Gasteiger charge is -2.26. The highest BCUT2D eigenvalue weighted by Crippen LogP contribution is 2.27. The van der Waals surface area contributed by atoms with Crippen LogP contribution in [0, 0.1) is 0 Å². The summed E-state index contributed by atoms with van der Waals surface area (Å²) < 4.78 is 7.33. The fourth-order valence-electron chi connectivity index (χ4n) is 3.92. The molecule has 7 nitrogen and oxygen atoms in total. The van der Waals surface area contributed by atoms with Crippen molar-refractivity contribution >= 4 is 39.0 Å². The lowest BCUT2D eigenvalue weighted by atomic mass is 10.2. The van der Waals surface area contributed by atoms with E-state index in [0.29, 0.717) is 6.54 Å². The van der Waals surface area contributed by atoms with E-state index in [4.69, 9.17) is 14.7 Å². The SMILES string of the molecule is O=C(Cn1c2ccccc2c2nc3ccccc3nc21)NCCN1CCOCC1. The summed E-state index contributed by atoms with van der Waals surface area (Å²) in [5.41, 5.74) is 4.24. The number of hydrogen-bond acceptors (Lipinski definition) is 5. The largest absolute Gasteiger partial charge is 0.379 e. The summed E-state index contributed by atoms with van der Waals surface area (Å²) in [6, 6.07) is 15.9. The molecule has 2 aromatic carbocycles. The summed E-state index contributed by atoms with van der Waals surface area (Å²) in [5.74, 6) is -0.0177. The molecule has 0 radical (unpaired) electrons. The predicted molar refractivity (Wildman–Crippen MR) is 113 cm³/mol. The van der Waals surface area contributed by atoms with E-state index < -0.39 is 0 Å². The highest BCUT2D eigenvalue weighted by molar-refractivity contribution is 6.07. The number of hydrogen-bond donors (Lipinski definition) is 1. The number of rotatable bonds is 5. The van der Waals surface area contributed by atoms with Crippen LogP contribution in [0.1, 0.15) is 0 Å². The molecular formula is C22H23N5O2. The normalized spacial score (nSPS) is 15.3. The van der Waals surface area contributed by atoms with Gasteiger partial charge < -0.3 is 14.6 Å². The molecule has 4 aromatic rings. The van der Waals surface area contributed by atoms with Gasteiger partial charge >= 0.3 is 0 Å². The predicted octanol–water partition coefficient (Wildman–Crippen LogP) is 2.19. The fraction of sp³-hybridized carbons (Fsp3) is 0.318. The standard InChI is InChI=1S/C22H23N5O2/c28-20(23-9-10-26-11-13-29-14-12-26)15-27-19-8-4-1-5-16(19)21-22(27)25-18-7-3-2-6-17(18)24-21/h1-8H,9-15H2,(H,23,28). The molecule has 0 spiro atoms. The molecule has 1 fully saturated rings. The highest BCUT2D eigenvalue weighted by Gasteiger charge is 2.16. The molecule has 2 aromatic heterocycles. The Balaban J connectivity index is 1.42. The molecule has 1 aliphatic heterocycles. The van der Waals surface area contributed by atoms with Gasteiger partial charge in [0, 0.05) is 31.6 Å². The fourth-order valence-corrected chi connectivity index (χ4v) is 3.92. The summed E-state index contributed by atoms with van der Waals surface area (Å²) in [4.78, 5) is 24.6. The van der Waals surface area contributed by atoms with Crippen molar-refractivity contribution < 1.29 is 9.53 Å². The zero-order chi connectivity index (χ0) is 19.6. The number of amides is 1. The molecule has 7 heteroatoms. The van der Waals surface area contributed by atoms with Crippen LogP contribution in [0.15, 0.2) is 48.5 Å². The zero-order valence-electron chi connectivity index (χ0n) is 16.2. The number of aromatic nitrogens is 3. The summed E-state index contributed by atoms with van der Waals surface area (Å²) in [7, 11) is 0. The highest BCUT2D eigenvalue weighted by atomic mass is 16.5. The van der Waals surface area contributed by atoms with Crippen LogP contribution < -0.4 is 5.32 Å². The van der Waals surface area contributed by atoms with Crippen LogP contribution in [0.4, 0.5) is 0 Å². The maximum absolute atomic E-state index is 12.7. The molecule has 29 heavy (non-hydrogen) atoms. The Morgan fingerprint density at radius 3 is 2.55 bits per heavy atom. The van der Waals surface area contributed by atoms with Crippen molar-refractivity contribution in [1.82, 2.24) is 24.8 Å². The molecule has 3 heterocycles. The van der Waals surface area contributed by atoms with Gasteiger partial charge in [-0.3, -0.25) is 9.69 Å². The molecule has 0 saturated carbocycles. The van der Waals surface area contributed by atoms with E-state index in [1.54, 1.807) is 0 Å². The molecule has 0 aliphatic carbocycles. The lowest BCUT2D eigenvalue weighted by molar-refractivity contribution is -0.121. The number of carbonyl (C=O) groups excluding carboxylic acids is 1. The van der Waals surface area contributed by atoms with E-state index in [1.807, 2.05) is 53.1 Å². The van der Waals surface area contributed by atoms with Gasteiger partial charge in [-0.05, 0) is 18.2 Å². The van der Waals surface area contributed by atoms with E-state index in [2.05, 4.69) is 10.2 Å². The van der Waals surface area contributed by atoms with E-state index in [9.17, 15) is 4.79 Å². The van der Waals surface area contributed by atoms with Crippen LogP contribution in [0.3, 0.4) is 0 Å². The van der Waals surface area contributed by atoms with Gasteiger partial charge in [0.05, 0.1) is 29.8 Å². The van der Waals surface area contributed by atoms with Gasteiger partial charge in [0.2, 0.25) is 5.91 Å². The first-order valence-electron chi connectivity index (χ1n) is 10.00. The van der Waals surface area contributed by atoms with Gasteiger partial charge in [-0.25, -0.2) is 9.97 Å². The van der Waals surface area contributed by atoms with Crippen LogP contribution in [0.5, 0.6) is 0 Å². The van der Waals surface area contributed by atoms with Crippen molar-refractivity contribution in [3.8, 4) is 0 Å². The molecule has 1 saturated heterocycles. The summed E-state index contributed by atoms with van der Waals surface area (Å²) in [6.45, 7) is 5.07. The summed E-state index contributed by atoms with van der Waals surface area (Å²) >= 11 is 0. The number of para-hydroxylation sites is 3. The third kappa shape index (κ3) is 3.54. The first-order valence-corrected chi connectivity index (χ1v) is 10.00. The number of nitrogens with zero attached hydrogens (tertiary/aromatic N) is 4. The van der Waals surface area contributed by atoms with Crippen LogP contribution in [0.2, 0.25) is 0 Å². The Morgan fingerprint density at radius 2 is 1.72 bits per heavy atom. The van der Waals surface area contributed by atoms with Gasteiger partial charge in [0.15, 0.2) is 5.65 Å². The van der Waals surface area contributed by atoms with Crippen molar-refractivity contribution in [3.05, 3.63) is 48.5 Å².